The van der Waals surface area contributed by atoms with E-state index in [0.29, 0.717) is 18.8 Å². The maximum absolute atomic E-state index is 12.7. The van der Waals surface area contributed by atoms with Gasteiger partial charge in [-0.15, -0.1) is 0 Å². The van der Waals surface area contributed by atoms with Crippen molar-refractivity contribution < 1.29 is 9.53 Å². The minimum atomic E-state index is -0.0303. The van der Waals surface area contributed by atoms with Gasteiger partial charge in [0.05, 0.1) is 6.54 Å². The molecule has 5 nitrogen and oxygen atoms in total. The number of fused-ring (bicyclic) bond motifs is 1. The van der Waals surface area contributed by atoms with Crippen LogP contribution in [0.3, 0.4) is 0 Å². The normalized spacial score (nSPS) is 17.4. The number of hydrogen-bond acceptors (Lipinski definition) is 3. The van der Waals surface area contributed by atoms with Crippen LogP contribution in [0, 0.1) is 6.92 Å². The van der Waals surface area contributed by atoms with Crippen molar-refractivity contribution in [2.45, 2.75) is 19.4 Å². The summed E-state index contributed by atoms with van der Waals surface area (Å²) >= 11 is 0. The van der Waals surface area contributed by atoms with E-state index < -0.39 is 0 Å². The number of carbonyl (C=O) groups is 1. The molecular weight excluding hydrogens is 302 g/mol. The lowest BCUT2D eigenvalue weighted by Crippen LogP contribution is -2.31. The highest BCUT2D eigenvalue weighted by molar-refractivity contribution is 5.93. The molecule has 2 aromatic heterocycles. The lowest BCUT2D eigenvalue weighted by Gasteiger charge is -2.16. The maximum atomic E-state index is 12.7. The fraction of sp³-hybridized carbons (Fsp3) is 0.263. The predicted octanol–water partition coefficient (Wildman–Crippen LogP) is 2.94. The number of rotatable bonds is 3. The molecule has 5 heteroatoms. The SMILES string of the molecule is Cc1cccn2cc(C(=O)N3CC[C@@H](Oc4ccccc4)C3)nc12. The summed E-state index contributed by atoms with van der Waals surface area (Å²) in [6, 6.07) is 13.7. The molecule has 1 fully saturated rings. The summed E-state index contributed by atoms with van der Waals surface area (Å²) in [5.41, 5.74) is 2.38. The molecule has 0 N–H and O–H groups in total. The van der Waals surface area contributed by atoms with Gasteiger partial charge >= 0.3 is 0 Å². The smallest absolute Gasteiger partial charge is 0.274 e. The Labute approximate surface area is 140 Å². The summed E-state index contributed by atoms with van der Waals surface area (Å²) in [4.78, 5) is 19.0. The second-order valence-corrected chi connectivity index (χ2v) is 6.14. The Kier molecular flexibility index (Phi) is 3.69. The van der Waals surface area contributed by atoms with Crippen molar-refractivity contribution in [2.75, 3.05) is 13.1 Å². The molecule has 24 heavy (non-hydrogen) atoms. The lowest BCUT2D eigenvalue weighted by atomic mass is 10.3. The van der Waals surface area contributed by atoms with E-state index in [9.17, 15) is 4.79 Å². The molecule has 0 bridgehead atoms. The molecule has 1 atom stereocenters. The van der Waals surface area contributed by atoms with Gasteiger partial charge in [0.15, 0.2) is 0 Å². The molecule has 0 radical (unpaired) electrons. The fourth-order valence-corrected chi connectivity index (χ4v) is 3.12. The van der Waals surface area contributed by atoms with Gasteiger partial charge in [0.2, 0.25) is 0 Å². The number of benzene rings is 1. The first-order chi connectivity index (χ1) is 11.7. The third kappa shape index (κ3) is 2.73. The minimum absolute atomic E-state index is 0.0303. The van der Waals surface area contributed by atoms with Crippen LogP contribution in [0.15, 0.2) is 54.9 Å². The number of carbonyl (C=O) groups excluding carboxylic acids is 1. The van der Waals surface area contributed by atoms with Gasteiger partial charge in [0, 0.05) is 25.4 Å². The van der Waals surface area contributed by atoms with Gasteiger partial charge in [-0.05, 0) is 30.7 Å². The van der Waals surface area contributed by atoms with Crippen molar-refractivity contribution in [2.24, 2.45) is 0 Å². The number of likely N-dealkylation sites (tertiary alicyclic amines) is 1. The number of para-hydroxylation sites is 1. The molecule has 3 heterocycles. The van der Waals surface area contributed by atoms with Crippen molar-refractivity contribution in [3.05, 3.63) is 66.1 Å². The van der Waals surface area contributed by atoms with Crippen LogP contribution in [0.2, 0.25) is 0 Å². The van der Waals surface area contributed by atoms with Crippen LogP contribution in [-0.4, -0.2) is 39.4 Å². The Morgan fingerprint density at radius 1 is 1.21 bits per heavy atom. The number of ether oxygens (including phenoxy) is 1. The van der Waals surface area contributed by atoms with Crippen molar-refractivity contribution in [3.63, 3.8) is 0 Å². The fourth-order valence-electron chi connectivity index (χ4n) is 3.12. The van der Waals surface area contributed by atoms with Gasteiger partial charge in [0.25, 0.3) is 5.91 Å². The topological polar surface area (TPSA) is 46.8 Å². The Hall–Kier alpha value is -2.82. The highest BCUT2D eigenvalue weighted by Crippen LogP contribution is 2.20. The predicted molar refractivity (Wildman–Crippen MR) is 91.3 cm³/mol. The maximum Gasteiger partial charge on any atom is 0.274 e. The average Bonchev–Trinajstić information content (AvgIpc) is 3.23. The van der Waals surface area contributed by atoms with Crippen LogP contribution in [0.25, 0.3) is 5.65 Å². The van der Waals surface area contributed by atoms with Crippen LogP contribution >= 0.6 is 0 Å². The number of nitrogens with zero attached hydrogens (tertiary/aromatic N) is 3. The average molecular weight is 321 g/mol. The summed E-state index contributed by atoms with van der Waals surface area (Å²) in [5, 5.41) is 0. The van der Waals surface area contributed by atoms with Crippen LogP contribution in [0.1, 0.15) is 22.5 Å². The number of pyridine rings is 1. The van der Waals surface area contributed by atoms with Crippen LogP contribution in [-0.2, 0) is 0 Å². The molecule has 1 aliphatic heterocycles. The van der Waals surface area contributed by atoms with E-state index in [1.165, 1.54) is 0 Å². The number of amides is 1. The van der Waals surface area contributed by atoms with Crippen molar-refractivity contribution in [1.29, 1.82) is 0 Å². The number of hydrogen-bond donors (Lipinski definition) is 0. The van der Waals surface area contributed by atoms with Crippen LogP contribution in [0.5, 0.6) is 5.75 Å². The van der Waals surface area contributed by atoms with Gasteiger partial charge in [0.1, 0.15) is 23.2 Å². The highest BCUT2D eigenvalue weighted by Gasteiger charge is 2.29. The Balaban J connectivity index is 1.48. The van der Waals surface area contributed by atoms with Crippen molar-refractivity contribution in [1.82, 2.24) is 14.3 Å². The van der Waals surface area contributed by atoms with Gasteiger partial charge in [-0.2, -0.15) is 0 Å². The summed E-state index contributed by atoms with van der Waals surface area (Å²) in [6.07, 6.45) is 4.59. The third-order valence-electron chi connectivity index (χ3n) is 4.38. The number of imidazole rings is 1. The summed E-state index contributed by atoms with van der Waals surface area (Å²) < 4.78 is 7.85. The molecule has 1 saturated heterocycles. The Bertz CT molecular complexity index is 873. The second-order valence-electron chi connectivity index (χ2n) is 6.14. The Morgan fingerprint density at radius 2 is 2.04 bits per heavy atom. The first kappa shape index (κ1) is 14.8. The molecule has 0 unspecified atom stereocenters. The zero-order chi connectivity index (χ0) is 16.5. The molecule has 3 aromatic rings. The van der Waals surface area contributed by atoms with Crippen molar-refractivity contribution in [3.8, 4) is 5.75 Å². The quantitative estimate of drug-likeness (QED) is 0.745. The second kappa shape index (κ2) is 6.00. The molecule has 1 aromatic carbocycles. The van der Waals surface area contributed by atoms with Gasteiger partial charge in [-0.3, -0.25) is 4.79 Å². The third-order valence-corrected chi connectivity index (χ3v) is 4.38. The van der Waals surface area contributed by atoms with Gasteiger partial charge in [-0.25, -0.2) is 4.98 Å². The minimum Gasteiger partial charge on any atom is -0.489 e. The van der Waals surface area contributed by atoms with E-state index in [1.54, 1.807) is 6.20 Å². The Morgan fingerprint density at radius 3 is 2.83 bits per heavy atom. The van der Waals surface area contributed by atoms with Crippen molar-refractivity contribution >= 4 is 11.6 Å². The molecule has 1 aliphatic rings. The highest BCUT2D eigenvalue weighted by atomic mass is 16.5. The zero-order valence-electron chi connectivity index (χ0n) is 13.6. The zero-order valence-corrected chi connectivity index (χ0v) is 13.6. The number of aryl methyl sites for hydroxylation is 1. The largest absolute Gasteiger partial charge is 0.489 e. The lowest BCUT2D eigenvalue weighted by molar-refractivity contribution is 0.0767. The molecule has 0 aliphatic carbocycles. The van der Waals surface area contributed by atoms with E-state index in [1.807, 2.05) is 64.9 Å². The molecule has 0 spiro atoms. The first-order valence-corrected chi connectivity index (χ1v) is 8.16. The number of aromatic nitrogens is 2. The summed E-state index contributed by atoms with van der Waals surface area (Å²) in [7, 11) is 0. The molecule has 0 saturated carbocycles. The van der Waals surface area contributed by atoms with E-state index in [-0.39, 0.29) is 12.0 Å². The molecule has 4 rings (SSSR count). The summed E-state index contributed by atoms with van der Waals surface area (Å²) in [5.74, 6) is 0.817. The first-order valence-electron chi connectivity index (χ1n) is 8.16. The van der Waals surface area contributed by atoms with Crippen LogP contribution < -0.4 is 4.74 Å². The van der Waals surface area contributed by atoms with E-state index in [2.05, 4.69) is 4.98 Å². The van der Waals surface area contributed by atoms with E-state index in [4.69, 9.17) is 4.74 Å². The summed E-state index contributed by atoms with van der Waals surface area (Å²) in [6.45, 7) is 3.29. The molecule has 122 valence electrons. The van der Waals surface area contributed by atoms with E-state index in [0.717, 1.165) is 23.4 Å². The van der Waals surface area contributed by atoms with Gasteiger partial charge in [-0.1, -0.05) is 24.3 Å². The van der Waals surface area contributed by atoms with Crippen LogP contribution in [0.4, 0.5) is 0 Å². The molecular formula is C19H19N3O2. The standard InChI is InChI=1S/C19H19N3O2/c1-14-6-5-10-21-13-17(20-18(14)21)19(23)22-11-9-16(12-22)24-15-7-3-2-4-8-15/h2-8,10,13,16H,9,11-12H2,1H3/t16-/m1/s1. The monoisotopic (exact) mass is 321 g/mol. The molecule has 1 amide bonds. The van der Waals surface area contributed by atoms with Gasteiger partial charge < -0.3 is 14.0 Å². The van der Waals surface area contributed by atoms with E-state index >= 15 is 0 Å².